The van der Waals surface area contributed by atoms with Crippen LogP contribution in [-0.2, 0) is 4.79 Å². The Hall–Kier alpha value is -4.44. The van der Waals surface area contributed by atoms with Crippen molar-refractivity contribution in [1.29, 1.82) is 0 Å². The molecule has 0 unspecified atom stereocenters. The number of nitrogens with zero attached hydrogens (tertiary/aromatic N) is 4. The fourth-order valence-electron chi connectivity index (χ4n) is 5.39. The highest BCUT2D eigenvalue weighted by Gasteiger charge is 2.23. The molecule has 0 atom stereocenters. The number of benzene rings is 1. The highest BCUT2D eigenvalue weighted by molar-refractivity contribution is 7.08. The van der Waals surface area contributed by atoms with Gasteiger partial charge < -0.3 is 10.3 Å². The zero-order valence-electron chi connectivity index (χ0n) is 20.9. The predicted molar refractivity (Wildman–Crippen MR) is 151 cm³/mol. The number of fused-ring (bicyclic) bond motifs is 2. The lowest BCUT2D eigenvalue weighted by Gasteiger charge is -2.20. The number of aromatic amines is 2. The van der Waals surface area contributed by atoms with Crippen molar-refractivity contribution in [3.8, 4) is 33.9 Å². The number of amides is 1. The first-order valence-corrected chi connectivity index (χ1v) is 13.9. The topological polar surface area (TPSA) is 112 Å². The van der Waals surface area contributed by atoms with Gasteiger partial charge in [-0.3, -0.25) is 19.9 Å². The van der Waals surface area contributed by atoms with E-state index in [4.69, 9.17) is 4.98 Å². The molecule has 0 bridgehead atoms. The highest BCUT2D eigenvalue weighted by Crippen LogP contribution is 2.36. The van der Waals surface area contributed by atoms with E-state index in [1.165, 1.54) is 6.42 Å². The van der Waals surface area contributed by atoms with Crippen molar-refractivity contribution >= 4 is 44.9 Å². The number of carbonyl (C=O) groups is 1. The maximum Gasteiger partial charge on any atom is 0.227 e. The van der Waals surface area contributed by atoms with Crippen LogP contribution in [0, 0.1) is 11.7 Å². The molecule has 194 valence electrons. The average molecular weight is 538 g/mol. The Kier molecular flexibility index (Phi) is 5.89. The molecule has 6 aromatic rings. The molecule has 3 N–H and O–H groups in total. The molecule has 0 radical (unpaired) electrons. The number of nitrogens with one attached hydrogen (secondary N) is 3. The zero-order valence-corrected chi connectivity index (χ0v) is 21.7. The monoisotopic (exact) mass is 537 g/mol. The number of H-pyrrole nitrogens is 2. The van der Waals surface area contributed by atoms with Gasteiger partial charge in [-0.25, -0.2) is 9.37 Å². The van der Waals surface area contributed by atoms with Gasteiger partial charge in [0, 0.05) is 40.4 Å². The van der Waals surface area contributed by atoms with Crippen LogP contribution in [0.1, 0.15) is 32.1 Å². The van der Waals surface area contributed by atoms with E-state index in [2.05, 4.69) is 30.5 Å². The first-order valence-electron chi connectivity index (χ1n) is 13.0. The predicted octanol–water partition coefficient (Wildman–Crippen LogP) is 6.95. The summed E-state index contributed by atoms with van der Waals surface area (Å²) in [5, 5.41) is 14.7. The average Bonchev–Trinajstić information content (AvgIpc) is 3.73. The van der Waals surface area contributed by atoms with Crippen LogP contribution in [0.5, 0.6) is 0 Å². The van der Waals surface area contributed by atoms with Crippen LogP contribution in [0.3, 0.4) is 0 Å². The molecule has 8 nitrogen and oxygen atoms in total. The largest absolute Gasteiger partial charge is 0.336 e. The molecule has 1 aliphatic rings. The Morgan fingerprint density at radius 1 is 1.03 bits per heavy atom. The van der Waals surface area contributed by atoms with Crippen molar-refractivity contribution < 1.29 is 9.18 Å². The summed E-state index contributed by atoms with van der Waals surface area (Å²) in [5.41, 5.74) is 5.65. The number of halogens is 1. The van der Waals surface area contributed by atoms with Gasteiger partial charge in [0.05, 0.1) is 34.0 Å². The van der Waals surface area contributed by atoms with Crippen molar-refractivity contribution in [1.82, 2.24) is 30.1 Å². The summed E-state index contributed by atoms with van der Waals surface area (Å²) in [4.78, 5) is 29.6. The molecular weight excluding hydrogens is 513 g/mol. The second-order valence-corrected chi connectivity index (χ2v) is 10.6. The first kappa shape index (κ1) is 23.7. The third-order valence-corrected chi connectivity index (χ3v) is 8.06. The summed E-state index contributed by atoms with van der Waals surface area (Å²) in [6.07, 6.45) is 10.1. The van der Waals surface area contributed by atoms with Crippen molar-refractivity contribution in [3.63, 3.8) is 0 Å². The van der Waals surface area contributed by atoms with E-state index in [-0.39, 0.29) is 11.8 Å². The van der Waals surface area contributed by atoms with Crippen LogP contribution >= 0.6 is 11.3 Å². The lowest BCUT2D eigenvalue weighted by Crippen LogP contribution is -2.24. The number of hydrogen-bond donors (Lipinski definition) is 3. The molecule has 0 saturated heterocycles. The Balaban J connectivity index is 1.26. The minimum atomic E-state index is -0.439. The molecular formula is C29H24FN7OS. The van der Waals surface area contributed by atoms with E-state index in [1.807, 2.05) is 22.9 Å². The normalized spacial score (nSPS) is 14.3. The van der Waals surface area contributed by atoms with Gasteiger partial charge in [-0.2, -0.15) is 16.4 Å². The summed E-state index contributed by atoms with van der Waals surface area (Å²) in [6, 6.07) is 9.09. The Morgan fingerprint density at radius 2 is 1.92 bits per heavy atom. The summed E-state index contributed by atoms with van der Waals surface area (Å²) in [5.74, 6) is 0.0278. The maximum absolute atomic E-state index is 16.1. The van der Waals surface area contributed by atoms with Gasteiger partial charge in [0.2, 0.25) is 5.91 Å². The Labute approximate surface area is 226 Å². The zero-order chi connectivity index (χ0) is 26.3. The van der Waals surface area contributed by atoms with Crippen molar-refractivity contribution in [3.05, 3.63) is 65.5 Å². The number of pyridine rings is 2. The fraction of sp³-hybridized carbons (Fsp3) is 0.207. The number of rotatable bonds is 5. The molecule has 1 aromatic carbocycles. The minimum absolute atomic E-state index is 0.00268. The quantitative estimate of drug-likeness (QED) is 0.220. The number of anilines is 1. The molecule has 7 rings (SSSR count). The van der Waals surface area contributed by atoms with Crippen molar-refractivity contribution in [2.24, 2.45) is 5.92 Å². The lowest BCUT2D eigenvalue weighted by molar-refractivity contribution is -0.120. The molecule has 0 spiro atoms. The Bertz CT molecular complexity index is 1820. The molecule has 0 aliphatic heterocycles. The molecule has 39 heavy (non-hydrogen) atoms. The van der Waals surface area contributed by atoms with Crippen LogP contribution in [0.4, 0.5) is 10.1 Å². The van der Waals surface area contributed by atoms with E-state index in [0.29, 0.717) is 44.8 Å². The van der Waals surface area contributed by atoms with E-state index in [9.17, 15) is 4.79 Å². The summed E-state index contributed by atoms with van der Waals surface area (Å²) < 4.78 is 16.1. The van der Waals surface area contributed by atoms with Gasteiger partial charge >= 0.3 is 0 Å². The highest BCUT2D eigenvalue weighted by atomic mass is 32.1. The molecule has 5 heterocycles. The molecule has 1 fully saturated rings. The van der Waals surface area contributed by atoms with Gasteiger partial charge in [0.1, 0.15) is 17.0 Å². The van der Waals surface area contributed by atoms with Gasteiger partial charge in [-0.05, 0) is 48.6 Å². The van der Waals surface area contributed by atoms with Crippen LogP contribution in [-0.4, -0.2) is 36.0 Å². The minimum Gasteiger partial charge on any atom is -0.336 e. The molecule has 1 amide bonds. The standard InChI is InChI=1S/C29H24FN7OS/c30-24-20(18-12-19(14-31-13-18)33-29(38)16-4-2-1-3-5-16)6-7-21-23(24)27(37-36-21)28-34-22-8-10-32-25(26(22)35-28)17-9-11-39-15-17/h6-16H,1-5H2,(H,33,38)(H,34,35)(H,36,37). The van der Waals surface area contributed by atoms with Crippen molar-refractivity contribution in [2.45, 2.75) is 32.1 Å². The molecule has 10 heteroatoms. The lowest BCUT2D eigenvalue weighted by atomic mass is 9.88. The third kappa shape index (κ3) is 4.26. The number of thiophene rings is 1. The van der Waals surface area contributed by atoms with E-state index >= 15 is 4.39 Å². The van der Waals surface area contributed by atoms with Gasteiger partial charge in [-0.15, -0.1) is 0 Å². The molecule has 1 aliphatic carbocycles. The number of carbonyl (C=O) groups excluding carboxylic acids is 1. The SMILES string of the molecule is O=C(Nc1cncc(-c2ccc3[nH]nc(-c4nc5c(-c6ccsc6)nccc5[nH]4)c3c2F)c1)C1CCCCC1. The molecule has 5 aromatic heterocycles. The van der Waals surface area contributed by atoms with Gasteiger partial charge in [0.25, 0.3) is 0 Å². The van der Waals surface area contributed by atoms with E-state index in [0.717, 1.165) is 42.5 Å². The summed E-state index contributed by atoms with van der Waals surface area (Å²) >= 11 is 1.59. The van der Waals surface area contributed by atoms with Crippen molar-refractivity contribution in [2.75, 3.05) is 5.32 Å². The van der Waals surface area contributed by atoms with E-state index in [1.54, 1.807) is 48.1 Å². The second kappa shape index (κ2) is 9.70. The summed E-state index contributed by atoms with van der Waals surface area (Å²) in [6.45, 7) is 0. The number of aromatic nitrogens is 6. The first-order chi connectivity index (χ1) is 19.2. The number of hydrogen-bond acceptors (Lipinski definition) is 6. The Morgan fingerprint density at radius 3 is 2.77 bits per heavy atom. The maximum atomic E-state index is 16.1. The summed E-state index contributed by atoms with van der Waals surface area (Å²) in [7, 11) is 0. The third-order valence-electron chi connectivity index (χ3n) is 7.38. The smallest absolute Gasteiger partial charge is 0.227 e. The van der Waals surface area contributed by atoms with E-state index < -0.39 is 5.82 Å². The van der Waals surface area contributed by atoms with Crippen LogP contribution in [0.15, 0.2) is 59.7 Å². The van der Waals surface area contributed by atoms with Crippen LogP contribution < -0.4 is 5.32 Å². The fourth-order valence-corrected chi connectivity index (χ4v) is 6.03. The van der Waals surface area contributed by atoms with Crippen LogP contribution in [0.25, 0.3) is 55.8 Å². The van der Waals surface area contributed by atoms with Gasteiger partial charge in [-0.1, -0.05) is 19.3 Å². The number of imidazole rings is 1. The molecule has 1 saturated carbocycles. The van der Waals surface area contributed by atoms with Crippen LogP contribution in [0.2, 0.25) is 0 Å². The van der Waals surface area contributed by atoms with Gasteiger partial charge in [0.15, 0.2) is 5.82 Å². The second-order valence-electron chi connectivity index (χ2n) is 9.86.